The van der Waals surface area contributed by atoms with Crippen molar-refractivity contribution in [1.82, 2.24) is 0 Å². The molecule has 0 bridgehead atoms. The molecular formula is C15H24N2O2. The first-order chi connectivity index (χ1) is 8.90. The molecule has 1 amide bonds. The summed E-state index contributed by atoms with van der Waals surface area (Å²) in [5.41, 5.74) is 1.46. The van der Waals surface area contributed by atoms with Crippen molar-refractivity contribution in [3.8, 4) is 0 Å². The fourth-order valence-electron chi connectivity index (χ4n) is 1.54. The van der Waals surface area contributed by atoms with E-state index in [1.54, 1.807) is 0 Å². The van der Waals surface area contributed by atoms with Gasteiger partial charge in [-0.25, -0.2) is 0 Å². The number of aliphatic hydroxyl groups excluding tert-OH is 1. The molecule has 106 valence electrons. The molecule has 0 unspecified atom stereocenters. The van der Waals surface area contributed by atoms with Crippen molar-refractivity contribution in [2.75, 3.05) is 30.4 Å². The van der Waals surface area contributed by atoms with Gasteiger partial charge in [0.15, 0.2) is 0 Å². The highest BCUT2D eigenvalue weighted by Crippen LogP contribution is 2.23. The highest BCUT2D eigenvalue weighted by molar-refractivity contribution is 5.94. The first-order valence-corrected chi connectivity index (χ1v) is 6.64. The van der Waals surface area contributed by atoms with Crippen LogP contribution in [-0.4, -0.2) is 31.2 Å². The van der Waals surface area contributed by atoms with Gasteiger partial charge in [-0.15, -0.1) is 0 Å². The van der Waals surface area contributed by atoms with Crippen LogP contribution in [0.4, 0.5) is 11.4 Å². The second-order valence-electron chi connectivity index (χ2n) is 5.38. The summed E-state index contributed by atoms with van der Waals surface area (Å²) in [6, 6.07) is 7.63. The van der Waals surface area contributed by atoms with Gasteiger partial charge in [0, 0.05) is 30.4 Å². The van der Waals surface area contributed by atoms with Gasteiger partial charge in [-0.2, -0.15) is 0 Å². The van der Waals surface area contributed by atoms with E-state index in [4.69, 9.17) is 5.11 Å². The Hall–Kier alpha value is -1.55. The van der Waals surface area contributed by atoms with Gasteiger partial charge in [-0.3, -0.25) is 4.79 Å². The summed E-state index contributed by atoms with van der Waals surface area (Å²) in [5.74, 6) is 0.0338. The molecule has 0 aromatic heterocycles. The predicted molar refractivity (Wildman–Crippen MR) is 79.5 cm³/mol. The van der Waals surface area contributed by atoms with Crippen LogP contribution >= 0.6 is 0 Å². The van der Waals surface area contributed by atoms with Gasteiger partial charge >= 0.3 is 0 Å². The number of carbonyl (C=O) groups is 1. The van der Waals surface area contributed by atoms with Crippen LogP contribution in [0.2, 0.25) is 0 Å². The van der Waals surface area contributed by atoms with Gasteiger partial charge in [-0.1, -0.05) is 20.8 Å². The third-order valence-electron chi connectivity index (χ3n) is 3.50. The van der Waals surface area contributed by atoms with Crippen molar-refractivity contribution >= 4 is 17.3 Å². The topological polar surface area (TPSA) is 52.6 Å². The lowest BCUT2D eigenvalue weighted by Crippen LogP contribution is -2.30. The molecule has 1 aromatic rings. The molecule has 0 saturated carbocycles. The number of likely N-dealkylation sites (N-methyl/N-ethyl adjacent to an activating group) is 1. The van der Waals surface area contributed by atoms with Gasteiger partial charge < -0.3 is 15.3 Å². The molecule has 1 rings (SSSR count). The molecule has 0 fully saturated rings. The standard InChI is InChI=1S/C15H24N2O2/c1-5-15(2,3)14(19)16-12-6-8-13(9-7-12)17(4)10-11-18/h6-9,18H,5,10-11H2,1-4H3,(H,16,19). The Morgan fingerprint density at radius 1 is 1.32 bits per heavy atom. The predicted octanol–water partition coefficient (Wildman–Crippen LogP) is 2.49. The van der Waals surface area contributed by atoms with Gasteiger partial charge in [0.1, 0.15) is 0 Å². The number of anilines is 2. The molecular weight excluding hydrogens is 240 g/mol. The summed E-state index contributed by atoms with van der Waals surface area (Å²) in [5, 5.41) is 11.8. The third-order valence-corrected chi connectivity index (χ3v) is 3.50. The molecule has 0 saturated heterocycles. The quantitative estimate of drug-likeness (QED) is 0.830. The van der Waals surface area contributed by atoms with Gasteiger partial charge in [0.25, 0.3) is 0 Å². The Labute approximate surface area is 115 Å². The molecule has 0 aliphatic heterocycles. The molecule has 0 atom stereocenters. The van der Waals surface area contributed by atoms with Crippen molar-refractivity contribution in [3.05, 3.63) is 24.3 Å². The zero-order valence-electron chi connectivity index (χ0n) is 12.2. The number of carbonyl (C=O) groups excluding carboxylic acids is 1. The zero-order chi connectivity index (χ0) is 14.5. The number of aliphatic hydroxyl groups is 1. The van der Waals surface area contributed by atoms with E-state index >= 15 is 0 Å². The van der Waals surface area contributed by atoms with E-state index in [1.807, 2.05) is 57.0 Å². The van der Waals surface area contributed by atoms with E-state index in [0.29, 0.717) is 6.54 Å². The van der Waals surface area contributed by atoms with Crippen LogP contribution in [0.3, 0.4) is 0 Å². The van der Waals surface area contributed by atoms with Gasteiger partial charge in [-0.05, 0) is 30.7 Å². The minimum absolute atomic E-state index is 0.0338. The van der Waals surface area contributed by atoms with E-state index in [9.17, 15) is 4.79 Å². The molecule has 0 spiro atoms. The van der Waals surface area contributed by atoms with Crippen LogP contribution in [0, 0.1) is 5.41 Å². The first kappa shape index (κ1) is 15.5. The molecule has 1 aromatic carbocycles. The largest absolute Gasteiger partial charge is 0.395 e. The second-order valence-corrected chi connectivity index (χ2v) is 5.38. The van der Waals surface area contributed by atoms with Crippen molar-refractivity contribution in [2.24, 2.45) is 5.41 Å². The molecule has 4 heteroatoms. The fraction of sp³-hybridized carbons (Fsp3) is 0.533. The summed E-state index contributed by atoms with van der Waals surface area (Å²) < 4.78 is 0. The number of hydrogen-bond donors (Lipinski definition) is 2. The summed E-state index contributed by atoms with van der Waals surface area (Å²) in [4.78, 5) is 14.0. The fourth-order valence-corrected chi connectivity index (χ4v) is 1.54. The van der Waals surface area contributed by atoms with Crippen LogP contribution in [0.25, 0.3) is 0 Å². The minimum atomic E-state index is -0.355. The van der Waals surface area contributed by atoms with Crippen molar-refractivity contribution in [2.45, 2.75) is 27.2 Å². The summed E-state index contributed by atoms with van der Waals surface area (Å²) in [6.07, 6.45) is 0.802. The van der Waals surface area contributed by atoms with Crippen molar-refractivity contribution in [1.29, 1.82) is 0 Å². The minimum Gasteiger partial charge on any atom is -0.395 e. The Morgan fingerprint density at radius 3 is 2.37 bits per heavy atom. The zero-order valence-corrected chi connectivity index (χ0v) is 12.2. The van der Waals surface area contributed by atoms with E-state index in [-0.39, 0.29) is 17.9 Å². The van der Waals surface area contributed by atoms with Gasteiger partial charge in [0.05, 0.1) is 6.61 Å². The lowest BCUT2D eigenvalue weighted by molar-refractivity contribution is -0.124. The van der Waals surface area contributed by atoms with Crippen molar-refractivity contribution in [3.63, 3.8) is 0 Å². The van der Waals surface area contributed by atoms with Crippen LogP contribution in [0.1, 0.15) is 27.2 Å². The number of amides is 1. The smallest absolute Gasteiger partial charge is 0.230 e. The summed E-state index contributed by atoms with van der Waals surface area (Å²) in [6.45, 7) is 6.60. The lowest BCUT2D eigenvalue weighted by atomic mass is 9.89. The first-order valence-electron chi connectivity index (χ1n) is 6.64. The second kappa shape index (κ2) is 6.57. The molecule has 0 radical (unpaired) electrons. The number of hydrogen-bond acceptors (Lipinski definition) is 3. The monoisotopic (exact) mass is 264 g/mol. The highest BCUT2D eigenvalue weighted by atomic mass is 16.3. The normalized spacial score (nSPS) is 11.2. The summed E-state index contributed by atoms with van der Waals surface area (Å²) in [7, 11) is 1.92. The Bertz CT molecular complexity index is 413. The maximum Gasteiger partial charge on any atom is 0.230 e. The van der Waals surface area contributed by atoms with E-state index < -0.39 is 0 Å². The summed E-state index contributed by atoms with van der Waals surface area (Å²) >= 11 is 0. The SMILES string of the molecule is CCC(C)(C)C(=O)Nc1ccc(N(C)CCO)cc1. The van der Waals surface area contributed by atoms with Crippen LogP contribution < -0.4 is 10.2 Å². The third kappa shape index (κ3) is 4.24. The number of rotatable bonds is 6. The average molecular weight is 264 g/mol. The maximum atomic E-state index is 12.0. The highest BCUT2D eigenvalue weighted by Gasteiger charge is 2.25. The lowest BCUT2D eigenvalue weighted by Gasteiger charge is -2.22. The number of nitrogens with one attached hydrogen (secondary N) is 1. The van der Waals surface area contributed by atoms with E-state index in [1.165, 1.54) is 0 Å². The van der Waals surface area contributed by atoms with E-state index in [2.05, 4.69) is 5.32 Å². The van der Waals surface area contributed by atoms with Crippen LogP contribution in [0.5, 0.6) is 0 Å². The molecule has 0 heterocycles. The van der Waals surface area contributed by atoms with Crippen LogP contribution in [0.15, 0.2) is 24.3 Å². The number of benzene rings is 1. The van der Waals surface area contributed by atoms with Crippen molar-refractivity contribution < 1.29 is 9.90 Å². The average Bonchev–Trinajstić information content (AvgIpc) is 2.39. The molecule has 0 aliphatic carbocycles. The Kier molecular flexibility index (Phi) is 5.36. The molecule has 2 N–H and O–H groups in total. The number of nitrogens with zero attached hydrogens (tertiary/aromatic N) is 1. The molecule has 19 heavy (non-hydrogen) atoms. The molecule has 4 nitrogen and oxygen atoms in total. The Morgan fingerprint density at radius 2 is 1.89 bits per heavy atom. The Balaban J connectivity index is 2.70. The molecule has 0 aliphatic rings. The van der Waals surface area contributed by atoms with E-state index in [0.717, 1.165) is 17.8 Å². The van der Waals surface area contributed by atoms with Crippen LogP contribution in [-0.2, 0) is 4.79 Å². The van der Waals surface area contributed by atoms with Gasteiger partial charge in [0.2, 0.25) is 5.91 Å². The maximum absolute atomic E-state index is 12.0.